The van der Waals surface area contributed by atoms with Crippen molar-refractivity contribution in [2.45, 2.75) is 6.92 Å². The number of hydrogen-bond acceptors (Lipinski definition) is 4. The highest BCUT2D eigenvalue weighted by Crippen LogP contribution is 2.16. The van der Waals surface area contributed by atoms with Crippen molar-refractivity contribution in [3.63, 3.8) is 0 Å². The number of carbonyl (C=O) groups excluding carboxylic acids is 2. The summed E-state index contributed by atoms with van der Waals surface area (Å²) in [6, 6.07) is 14.0. The van der Waals surface area contributed by atoms with E-state index >= 15 is 0 Å². The third kappa shape index (κ3) is 4.07. The molecule has 0 aliphatic heterocycles. The van der Waals surface area contributed by atoms with Gasteiger partial charge in [-0.25, -0.2) is 5.84 Å². The molecule has 0 spiro atoms. The average molecular weight is 299 g/mol. The van der Waals surface area contributed by atoms with Gasteiger partial charge in [0.15, 0.2) is 6.61 Å². The predicted octanol–water partition coefficient (Wildman–Crippen LogP) is 1.62. The SMILES string of the molecule is Cc1ccccc1NC(=O)c1ccc(OCC(=O)NN)cc1. The van der Waals surface area contributed by atoms with Gasteiger partial charge in [-0.1, -0.05) is 18.2 Å². The summed E-state index contributed by atoms with van der Waals surface area (Å²) in [5, 5.41) is 2.84. The number of rotatable bonds is 5. The molecule has 2 aromatic rings. The third-order valence-electron chi connectivity index (χ3n) is 3.04. The molecule has 0 fully saturated rings. The van der Waals surface area contributed by atoms with Gasteiger partial charge >= 0.3 is 0 Å². The standard InChI is InChI=1S/C16H17N3O3/c1-11-4-2-3-5-14(11)18-16(21)12-6-8-13(9-7-12)22-10-15(20)19-17/h2-9H,10,17H2,1H3,(H,18,21)(H,19,20). The third-order valence-corrected chi connectivity index (χ3v) is 3.04. The Kier molecular flexibility index (Phi) is 5.11. The highest BCUT2D eigenvalue weighted by atomic mass is 16.5. The fourth-order valence-electron chi connectivity index (χ4n) is 1.80. The molecule has 6 nitrogen and oxygen atoms in total. The minimum atomic E-state index is -0.429. The number of amides is 2. The van der Waals surface area contributed by atoms with Crippen LogP contribution in [0.4, 0.5) is 5.69 Å². The number of ether oxygens (including phenoxy) is 1. The van der Waals surface area contributed by atoms with Crippen LogP contribution in [-0.2, 0) is 4.79 Å². The lowest BCUT2D eigenvalue weighted by molar-refractivity contribution is -0.123. The zero-order valence-electron chi connectivity index (χ0n) is 12.1. The predicted molar refractivity (Wildman–Crippen MR) is 83.4 cm³/mol. The molecule has 0 aliphatic rings. The summed E-state index contributed by atoms with van der Waals surface area (Å²) in [7, 11) is 0. The number of para-hydroxylation sites is 1. The molecule has 0 unspecified atom stereocenters. The van der Waals surface area contributed by atoms with E-state index in [1.165, 1.54) is 0 Å². The molecule has 22 heavy (non-hydrogen) atoms. The smallest absolute Gasteiger partial charge is 0.271 e. The van der Waals surface area contributed by atoms with E-state index in [0.29, 0.717) is 11.3 Å². The molecule has 0 bridgehead atoms. The molecule has 6 heteroatoms. The van der Waals surface area contributed by atoms with E-state index in [4.69, 9.17) is 10.6 Å². The number of carbonyl (C=O) groups is 2. The molecule has 0 radical (unpaired) electrons. The van der Waals surface area contributed by atoms with E-state index in [2.05, 4.69) is 5.32 Å². The number of benzene rings is 2. The second-order valence-electron chi connectivity index (χ2n) is 4.65. The van der Waals surface area contributed by atoms with Crippen LogP contribution in [0.2, 0.25) is 0 Å². The molecule has 2 rings (SSSR count). The largest absolute Gasteiger partial charge is 0.484 e. The second kappa shape index (κ2) is 7.24. The molecule has 114 valence electrons. The maximum Gasteiger partial charge on any atom is 0.271 e. The van der Waals surface area contributed by atoms with Gasteiger partial charge < -0.3 is 10.1 Å². The number of hydrazine groups is 1. The molecule has 4 N–H and O–H groups in total. The minimum Gasteiger partial charge on any atom is -0.484 e. The molecule has 0 saturated carbocycles. The summed E-state index contributed by atoms with van der Waals surface area (Å²) in [5.74, 6) is 4.80. The lowest BCUT2D eigenvalue weighted by Crippen LogP contribution is -2.34. The van der Waals surface area contributed by atoms with Gasteiger partial charge in [0.25, 0.3) is 11.8 Å². The van der Waals surface area contributed by atoms with Crippen LogP contribution in [0, 0.1) is 6.92 Å². The normalized spacial score (nSPS) is 9.91. The number of nitrogens with one attached hydrogen (secondary N) is 2. The fraction of sp³-hybridized carbons (Fsp3) is 0.125. The maximum atomic E-state index is 12.2. The van der Waals surface area contributed by atoms with Gasteiger partial charge in [0.1, 0.15) is 5.75 Å². The van der Waals surface area contributed by atoms with Crippen LogP contribution in [0.15, 0.2) is 48.5 Å². The van der Waals surface area contributed by atoms with Crippen molar-refractivity contribution < 1.29 is 14.3 Å². The Morgan fingerprint density at radius 2 is 1.77 bits per heavy atom. The van der Waals surface area contributed by atoms with Gasteiger partial charge in [-0.05, 0) is 42.8 Å². The first kappa shape index (κ1) is 15.5. The highest BCUT2D eigenvalue weighted by molar-refractivity contribution is 6.04. The second-order valence-corrected chi connectivity index (χ2v) is 4.65. The van der Waals surface area contributed by atoms with Crippen LogP contribution in [0.3, 0.4) is 0 Å². The summed E-state index contributed by atoms with van der Waals surface area (Å²) in [6.45, 7) is 1.75. The number of aryl methyl sites for hydroxylation is 1. The molecule has 2 amide bonds. The zero-order valence-corrected chi connectivity index (χ0v) is 12.1. The monoisotopic (exact) mass is 299 g/mol. The van der Waals surface area contributed by atoms with Crippen molar-refractivity contribution in [2.24, 2.45) is 5.84 Å². The zero-order chi connectivity index (χ0) is 15.9. The van der Waals surface area contributed by atoms with Gasteiger partial charge in [0.05, 0.1) is 0 Å². The van der Waals surface area contributed by atoms with Crippen LogP contribution in [-0.4, -0.2) is 18.4 Å². The van der Waals surface area contributed by atoms with E-state index in [0.717, 1.165) is 11.3 Å². The number of anilines is 1. The molecular formula is C16H17N3O3. The van der Waals surface area contributed by atoms with Crippen LogP contribution >= 0.6 is 0 Å². The Labute approximate surface area is 128 Å². The van der Waals surface area contributed by atoms with Crippen molar-refractivity contribution >= 4 is 17.5 Å². The molecular weight excluding hydrogens is 282 g/mol. The summed E-state index contributed by atoms with van der Waals surface area (Å²) >= 11 is 0. The van der Waals surface area contributed by atoms with Crippen molar-refractivity contribution in [3.8, 4) is 5.75 Å². The van der Waals surface area contributed by atoms with E-state index in [1.807, 2.05) is 36.6 Å². The van der Waals surface area contributed by atoms with Gasteiger partial charge in [0.2, 0.25) is 0 Å². The van der Waals surface area contributed by atoms with E-state index in [1.54, 1.807) is 24.3 Å². The Morgan fingerprint density at radius 3 is 2.41 bits per heavy atom. The minimum absolute atomic E-state index is 0.175. The van der Waals surface area contributed by atoms with Crippen molar-refractivity contribution in [3.05, 3.63) is 59.7 Å². The maximum absolute atomic E-state index is 12.2. The summed E-state index contributed by atoms with van der Waals surface area (Å²) in [5.41, 5.74) is 4.23. The molecule has 0 aliphatic carbocycles. The Balaban J connectivity index is 1.99. The van der Waals surface area contributed by atoms with Crippen LogP contribution in [0.1, 0.15) is 15.9 Å². The van der Waals surface area contributed by atoms with Crippen LogP contribution < -0.4 is 21.3 Å². The van der Waals surface area contributed by atoms with E-state index in [-0.39, 0.29) is 12.5 Å². The average Bonchev–Trinajstić information content (AvgIpc) is 2.55. The first-order valence-corrected chi connectivity index (χ1v) is 6.69. The van der Waals surface area contributed by atoms with Gasteiger partial charge in [-0.15, -0.1) is 0 Å². The lowest BCUT2D eigenvalue weighted by atomic mass is 10.1. The molecule has 0 aromatic heterocycles. The first-order chi connectivity index (χ1) is 10.6. The Morgan fingerprint density at radius 1 is 1.09 bits per heavy atom. The lowest BCUT2D eigenvalue weighted by Gasteiger charge is -2.09. The van der Waals surface area contributed by atoms with Crippen LogP contribution in [0.5, 0.6) is 5.75 Å². The topological polar surface area (TPSA) is 93.4 Å². The van der Waals surface area contributed by atoms with Gasteiger partial charge in [-0.3, -0.25) is 15.0 Å². The van der Waals surface area contributed by atoms with Crippen molar-refractivity contribution in [1.29, 1.82) is 0 Å². The van der Waals surface area contributed by atoms with E-state index in [9.17, 15) is 9.59 Å². The van der Waals surface area contributed by atoms with E-state index < -0.39 is 5.91 Å². The van der Waals surface area contributed by atoms with Gasteiger partial charge in [0, 0.05) is 11.3 Å². The van der Waals surface area contributed by atoms with Crippen molar-refractivity contribution in [2.75, 3.05) is 11.9 Å². The molecule has 2 aromatic carbocycles. The Bertz CT molecular complexity index is 669. The summed E-state index contributed by atoms with van der Waals surface area (Å²) in [4.78, 5) is 23.1. The summed E-state index contributed by atoms with van der Waals surface area (Å²) < 4.78 is 5.21. The van der Waals surface area contributed by atoms with Crippen molar-refractivity contribution in [1.82, 2.24) is 5.43 Å². The number of nitrogens with two attached hydrogens (primary N) is 1. The van der Waals surface area contributed by atoms with Gasteiger partial charge in [-0.2, -0.15) is 0 Å². The molecule has 0 heterocycles. The molecule has 0 saturated heterocycles. The quantitative estimate of drug-likeness (QED) is 0.444. The Hall–Kier alpha value is -2.86. The fourth-order valence-corrected chi connectivity index (χ4v) is 1.80. The number of hydrogen-bond donors (Lipinski definition) is 3. The highest BCUT2D eigenvalue weighted by Gasteiger charge is 2.08. The first-order valence-electron chi connectivity index (χ1n) is 6.69. The summed E-state index contributed by atoms with van der Waals surface area (Å²) in [6.07, 6.45) is 0. The molecule has 0 atom stereocenters. The van der Waals surface area contributed by atoms with Crippen LogP contribution in [0.25, 0.3) is 0 Å².